The first-order valence-electron chi connectivity index (χ1n) is 7.26. The number of carbonyl (C=O) groups is 1. The van der Waals surface area contributed by atoms with E-state index in [4.69, 9.17) is 21.2 Å². The minimum absolute atomic E-state index is 0.0593. The molecule has 9 heteroatoms. The fraction of sp³-hybridized carbons (Fsp3) is 0.571. The molecule has 1 saturated heterocycles. The van der Waals surface area contributed by atoms with Gasteiger partial charge in [-0.3, -0.25) is 0 Å². The smallest absolute Gasteiger partial charge is 0.384 e. The molecule has 1 aromatic rings. The molecule has 1 aliphatic heterocycles. The molecule has 0 aromatic carbocycles. The van der Waals surface area contributed by atoms with E-state index in [1.807, 2.05) is 0 Å². The molecule has 0 atom stereocenters. The van der Waals surface area contributed by atoms with E-state index in [1.54, 1.807) is 20.8 Å². The number of nitrogens with zero attached hydrogens (tertiary/aromatic N) is 3. The number of carbonyl (C=O) groups excluding carboxylic acids is 1. The van der Waals surface area contributed by atoms with Gasteiger partial charge in [-0.25, -0.2) is 14.6 Å². The summed E-state index contributed by atoms with van der Waals surface area (Å²) >= 11 is 5.87. The average molecular weight is 344 g/mol. The molecule has 1 aromatic heterocycles. The van der Waals surface area contributed by atoms with Crippen LogP contribution in [0, 0.1) is 4.91 Å². The van der Waals surface area contributed by atoms with Crippen molar-refractivity contribution in [3.05, 3.63) is 22.2 Å². The van der Waals surface area contributed by atoms with E-state index >= 15 is 0 Å². The zero-order chi connectivity index (χ0) is 17.0. The molecule has 23 heavy (non-hydrogen) atoms. The van der Waals surface area contributed by atoms with E-state index in [0.717, 1.165) is 0 Å². The Bertz CT molecular complexity index is 597. The number of nitrogens with one attached hydrogen (secondary N) is 1. The maximum absolute atomic E-state index is 12.2. The van der Waals surface area contributed by atoms with Crippen LogP contribution in [0.3, 0.4) is 0 Å². The number of pyridine rings is 1. The predicted molar refractivity (Wildman–Crippen MR) is 83.8 cm³/mol. The van der Waals surface area contributed by atoms with Crippen molar-refractivity contribution in [2.75, 3.05) is 26.2 Å². The van der Waals surface area contributed by atoms with E-state index in [1.165, 1.54) is 17.2 Å². The average Bonchev–Trinajstić information content (AvgIpc) is 2.48. The summed E-state index contributed by atoms with van der Waals surface area (Å²) < 4.78 is 5.24. The molecule has 0 radical (unpaired) electrons. The Morgan fingerprint density at radius 2 is 2.04 bits per heavy atom. The van der Waals surface area contributed by atoms with E-state index in [-0.39, 0.29) is 21.5 Å². The van der Waals surface area contributed by atoms with Crippen LogP contribution in [0.5, 0.6) is 5.88 Å². The Labute approximate surface area is 139 Å². The molecule has 1 N–H and O–H groups in total. The summed E-state index contributed by atoms with van der Waals surface area (Å²) in [5, 5.41) is 3.37. The normalized spacial score (nSPS) is 15.2. The third kappa shape index (κ3) is 5.04. The van der Waals surface area contributed by atoms with Gasteiger partial charge in [0, 0.05) is 32.2 Å². The van der Waals surface area contributed by atoms with Crippen molar-refractivity contribution in [2.45, 2.75) is 26.4 Å². The summed E-state index contributed by atoms with van der Waals surface area (Å²) in [7, 11) is 0. The van der Waals surface area contributed by atoms with Gasteiger partial charge in [0.25, 0.3) is 4.92 Å². The number of amides is 1. The van der Waals surface area contributed by atoms with Crippen LogP contribution < -0.4 is 10.1 Å². The molecule has 1 amide bonds. The van der Waals surface area contributed by atoms with Gasteiger partial charge in [-0.05, 0) is 20.8 Å². The molecule has 2 heterocycles. The first kappa shape index (κ1) is 17.4. The molecular weight excluding hydrogens is 324 g/mol. The number of hydrogen-bond donors (Lipinski definition) is 1. The van der Waals surface area contributed by atoms with Crippen LogP contribution in [0.25, 0.3) is 0 Å². The molecule has 126 valence electrons. The highest BCUT2D eigenvalue weighted by atomic mass is 35.5. The van der Waals surface area contributed by atoms with Gasteiger partial charge in [0.15, 0.2) is 5.60 Å². The van der Waals surface area contributed by atoms with Crippen molar-refractivity contribution in [1.29, 1.82) is 0 Å². The van der Waals surface area contributed by atoms with E-state index < -0.39 is 11.7 Å². The highest BCUT2D eigenvalue weighted by molar-refractivity contribution is 6.30. The second-order valence-corrected chi connectivity index (χ2v) is 6.48. The maximum atomic E-state index is 12.2. The summed E-state index contributed by atoms with van der Waals surface area (Å²) in [4.78, 5) is 35.3. The molecule has 0 unspecified atom stereocenters. The van der Waals surface area contributed by atoms with Gasteiger partial charge >= 0.3 is 17.7 Å². The van der Waals surface area contributed by atoms with Gasteiger partial charge in [-0.2, -0.15) is 0 Å². The van der Waals surface area contributed by atoms with Crippen LogP contribution in [0.4, 0.5) is 10.5 Å². The van der Waals surface area contributed by atoms with E-state index in [9.17, 15) is 9.70 Å². The second-order valence-electron chi connectivity index (χ2n) is 6.04. The number of ether oxygens (including phenoxy) is 1. The third-order valence-electron chi connectivity index (χ3n) is 2.91. The molecule has 0 saturated carbocycles. The predicted octanol–water partition coefficient (Wildman–Crippen LogP) is 2.28. The Balaban J connectivity index is 2.17. The number of aromatic nitrogens is 1. The van der Waals surface area contributed by atoms with Gasteiger partial charge < -0.3 is 15.0 Å². The molecule has 0 aliphatic carbocycles. The molecule has 8 nitrogen and oxygen atoms in total. The van der Waals surface area contributed by atoms with E-state index in [0.29, 0.717) is 26.2 Å². The van der Waals surface area contributed by atoms with Gasteiger partial charge in [-0.15, -0.1) is 0 Å². The van der Waals surface area contributed by atoms with Gasteiger partial charge in [0.2, 0.25) is 0 Å². The van der Waals surface area contributed by atoms with Crippen LogP contribution in [0.1, 0.15) is 20.8 Å². The zero-order valence-corrected chi connectivity index (χ0v) is 14.1. The van der Waals surface area contributed by atoms with Crippen LogP contribution in [0.2, 0.25) is 5.02 Å². The summed E-state index contributed by atoms with van der Waals surface area (Å²) in [6.45, 7) is 7.61. The number of hydrogen-bond acceptors (Lipinski definition) is 6. The Morgan fingerprint density at radius 1 is 1.39 bits per heavy atom. The minimum atomic E-state index is -0.718. The summed E-state index contributed by atoms with van der Waals surface area (Å²) in [6.07, 6.45) is 0.739. The summed E-state index contributed by atoms with van der Waals surface area (Å²) in [6, 6.07) is 1.34. The van der Waals surface area contributed by atoms with Crippen molar-refractivity contribution in [3.8, 4) is 5.88 Å². The fourth-order valence-corrected chi connectivity index (χ4v) is 2.07. The molecule has 0 spiro atoms. The molecule has 0 bridgehead atoms. The van der Waals surface area contributed by atoms with E-state index in [2.05, 4.69) is 10.3 Å². The Kier molecular flexibility index (Phi) is 5.38. The van der Waals surface area contributed by atoms with Crippen molar-refractivity contribution in [1.82, 2.24) is 15.2 Å². The topological polar surface area (TPSA) is 83.8 Å². The second kappa shape index (κ2) is 7.10. The van der Waals surface area contributed by atoms with Gasteiger partial charge in [0.05, 0.1) is 16.1 Å². The van der Waals surface area contributed by atoms with Crippen molar-refractivity contribution in [3.63, 3.8) is 0 Å². The maximum Gasteiger partial charge on any atom is 0.416 e. The van der Waals surface area contributed by atoms with Crippen molar-refractivity contribution >= 4 is 23.4 Å². The summed E-state index contributed by atoms with van der Waals surface area (Å²) in [5.74, 6) is -0.141. The quantitative estimate of drug-likeness (QED) is 0.848. The Morgan fingerprint density at radius 3 is 2.65 bits per heavy atom. The van der Waals surface area contributed by atoms with Crippen LogP contribution >= 0.6 is 11.6 Å². The molecule has 1 fully saturated rings. The summed E-state index contributed by atoms with van der Waals surface area (Å²) in [5.41, 5.74) is -0.778. The number of piperazine rings is 1. The van der Waals surface area contributed by atoms with Gasteiger partial charge in [-0.1, -0.05) is 11.6 Å². The van der Waals surface area contributed by atoms with Crippen molar-refractivity contribution < 1.29 is 19.3 Å². The van der Waals surface area contributed by atoms with Crippen LogP contribution in [-0.4, -0.2) is 52.7 Å². The van der Waals surface area contributed by atoms with Gasteiger partial charge in [0.1, 0.15) is 0 Å². The lowest BCUT2D eigenvalue weighted by Gasteiger charge is -2.26. The Hall–Kier alpha value is -1.93. The largest absolute Gasteiger partial charge is 0.416 e. The number of rotatable bonds is 3. The van der Waals surface area contributed by atoms with Crippen molar-refractivity contribution in [2.24, 2.45) is 0 Å². The number of halogens is 1. The standard InChI is InChI=1S/C14H20ClN4O4/c1-14(2,3)23-19(21)11-8-10(15)9-17-12(11)22-13(20)18-6-4-16-5-7-18/h8-9,16H,4-7H2,1-3H3/q+1. The van der Waals surface area contributed by atoms with Crippen LogP contribution in [-0.2, 0) is 4.84 Å². The third-order valence-corrected chi connectivity index (χ3v) is 3.12. The van der Waals surface area contributed by atoms with Crippen LogP contribution in [0.15, 0.2) is 12.3 Å². The lowest BCUT2D eigenvalue weighted by atomic mass is 10.2. The molecule has 2 rings (SSSR count). The minimum Gasteiger partial charge on any atom is -0.384 e. The zero-order valence-electron chi connectivity index (χ0n) is 13.3. The SMILES string of the molecule is CC(C)(C)O[N+](=O)c1cc(Cl)cnc1OC(=O)N1CCNCC1. The monoisotopic (exact) mass is 343 g/mol. The lowest BCUT2D eigenvalue weighted by molar-refractivity contribution is -0.766. The molecular formula is C14H20ClN4O4+. The molecule has 1 aliphatic rings. The first-order chi connectivity index (χ1) is 10.8. The highest BCUT2D eigenvalue weighted by Crippen LogP contribution is 2.29. The fourth-order valence-electron chi connectivity index (χ4n) is 1.92. The lowest BCUT2D eigenvalue weighted by Crippen LogP contribution is -2.47. The first-order valence-corrected chi connectivity index (χ1v) is 7.63. The highest BCUT2D eigenvalue weighted by Gasteiger charge is 2.33.